The molecular weight excluding hydrogens is 437 g/mol. The lowest BCUT2D eigenvalue weighted by Gasteiger charge is -2.22. The first kappa shape index (κ1) is 23.8. The molecule has 24 heavy (non-hydrogen) atoms. The number of hydrogen-bond donors (Lipinski definition) is 2. The standard InChI is InChI=1S/C16H33N5OS.HI/c1-12(2)21-10-13(3)14(11-21)19-16(17-7-8-23-6)18-9-15(22)20(4)5;/h12-14H,7-11H2,1-6H3,(H2,17,18,19);1H. The summed E-state index contributed by atoms with van der Waals surface area (Å²) in [5.74, 6) is 2.34. The predicted molar refractivity (Wildman–Crippen MR) is 116 cm³/mol. The van der Waals surface area contributed by atoms with Gasteiger partial charge in [-0.2, -0.15) is 11.8 Å². The maximum Gasteiger partial charge on any atom is 0.243 e. The third-order valence-electron chi connectivity index (χ3n) is 4.16. The molecule has 8 heteroatoms. The van der Waals surface area contributed by atoms with Gasteiger partial charge in [-0.1, -0.05) is 6.92 Å². The molecule has 0 spiro atoms. The number of carbonyl (C=O) groups excluding carboxylic acids is 1. The highest BCUT2D eigenvalue weighted by molar-refractivity contribution is 14.0. The van der Waals surface area contributed by atoms with Crippen molar-refractivity contribution in [3.63, 3.8) is 0 Å². The number of carbonyl (C=O) groups is 1. The van der Waals surface area contributed by atoms with Crippen LogP contribution in [0.4, 0.5) is 0 Å². The molecule has 1 rings (SSSR count). The van der Waals surface area contributed by atoms with E-state index in [0.29, 0.717) is 18.0 Å². The van der Waals surface area contributed by atoms with E-state index in [1.807, 2.05) is 0 Å². The molecule has 0 aliphatic carbocycles. The summed E-state index contributed by atoms with van der Waals surface area (Å²) in [4.78, 5) is 20.3. The number of halogens is 1. The number of nitrogens with one attached hydrogen (secondary N) is 2. The van der Waals surface area contributed by atoms with Gasteiger partial charge in [-0.25, -0.2) is 4.99 Å². The molecule has 1 heterocycles. The van der Waals surface area contributed by atoms with E-state index in [2.05, 4.69) is 47.6 Å². The SMILES string of the molecule is CSCCNC(=NCC(=O)N(C)C)NC1CN(C(C)C)CC1C.I. The van der Waals surface area contributed by atoms with Crippen molar-refractivity contribution in [2.75, 3.05) is 52.3 Å². The molecule has 1 fully saturated rings. The van der Waals surface area contributed by atoms with Crippen LogP contribution in [0.1, 0.15) is 20.8 Å². The van der Waals surface area contributed by atoms with Gasteiger partial charge in [-0.3, -0.25) is 9.69 Å². The van der Waals surface area contributed by atoms with E-state index in [1.54, 1.807) is 30.8 Å². The summed E-state index contributed by atoms with van der Waals surface area (Å²) in [6.07, 6.45) is 2.08. The van der Waals surface area contributed by atoms with Crippen LogP contribution in [-0.4, -0.2) is 86.0 Å². The third kappa shape index (κ3) is 8.24. The maximum atomic E-state index is 11.8. The molecule has 0 aromatic carbocycles. The monoisotopic (exact) mass is 471 g/mol. The van der Waals surface area contributed by atoms with E-state index < -0.39 is 0 Å². The molecule has 0 aromatic heterocycles. The third-order valence-corrected chi connectivity index (χ3v) is 4.78. The summed E-state index contributed by atoms with van der Waals surface area (Å²) in [6.45, 7) is 9.88. The fraction of sp³-hybridized carbons (Fsp3) is 0.875. The molecule has 1 amide bonds. The zero-order valence-electron chi connectivity index (χ0n) is 15.8. The molecule has 0 bridgehead atoms. The molecule has 2 unspecified atom stereocenters. The molecule has 2 atom stereocenters. The van der Waals surface area contributed by atoms with Gasteiger partial charge in [0.2, 0.25) is 5.91 Å². The lowest BCUT2D eigenvalue weighted by atomic mass is 10.1. The Morgan fingerprint density at radius 3 is 2.54 bits per heavy atom. The molecular formula is C16H34IN5OS. The number of hydrogen-bond acceptors (Lipinski definition) is 4. The van der Waals surface area contributed by atoms with Crippen LogP contribution in [0.3, 0.4) is 0 Å². The first-order valence-electron chi connectivity index (χ1n) is 8.33. The molecule has 0 aromatic rings. The van der Waals surface area contributed by atoms with E-state index in [1.165, 1.54) is 0 Å². The highest BCUT2D eigenvalue weighted by atomic mass is 127. The van der Waals surface area contributed by atoms with Crippen LogP contribution >= 0.6 is 35.7 Å². The molecule has 2 N–H and O–H groups in total. The second-order valence-corrected chi connectivity index (χ2v) is 7.63. The minimum absolute atomic E-state index is 0. The molecule has 0 radical (unpaired) electrons. The van der Waals surface area contributed by atoms with Crippen LogP contribution in [0, 0.1) is 5.92 Å². The van der Waals surface area contributed by atoms with E-state index in [0.717, 1.165) is 31.3 Å². The number of likely N-dealkylation sites (tertiary alicyclic amines) is 1. The average molecular weight is 471 g/mol. The number of nitrogens with zero attached hydrogens (tertiary/aromatic N) is 3. The van der Waals surface area contributed by atoms with Gasteiger partial charge in [0, 0.05) is 51.6 Å². The molecule has 1 aliphatic rings. The normalized spacial score (nSPS) is 21.5. The van der Waals surface area contributed by atoms with Gasteiger partial charge in [0.05, 0.1) is 0 Å². The Morgan fingerprint density at radius 2 is 2.04 bits per heavy atom. The first-order chi connectivity index (χ1) is 10.8. The quantitative estimate of drug-likeness (QED) is 0.254. The predicted octanol–water partition coefficient (Wildman–Crippen LogP) is 1.32. The summed E-state index contributed by atoms with van der Waals surface area (Å²) < 4.78 is 0. The van der Waals surface area contributed by atoms with Crippen LogP contribution in [0.15, 0.2) is 4.99 Å². The fourth-order valence-corrected chi connectivity index (χ4v) is 2.81. The van der Waals surface area contributed by atoms with E-state index >= 15 is 0 Å². The minimum Gasteiger partial charge on any atom is -0.356 e. The van der Waals surface area contributed by atoms with Gasteiger partial charge in [-0.05, 0) is 26.0 Å². The zero-order valence-corrected chi connectivity index (χ0v) is 19.0. The second kappa shape index (κ2) is 12.2. The Labute approximate surface area is 168 Å². The van der Waals surface area contributed by atoms with E-state index in [4.69, 9.17) is 0 Å². The van der Waals surface area contributed by atoms with Crippen molar-refractivity contribution >= 4 is 47.6 Å². The minimum atomic E-state index is 0. The fourth-order valence-electron chi connectivity index (χ4n) is 2.50. The number of aliphatic imine (C=N–C) groups is 1. The highest BCUT2D eigenvalue weighted by Crippen LogP contribution is 2.18. The Bertz CT molecular complexity index is 406. The van der Waals surface area contributed by atoms with Gasteiger partial charge in [0.1, 0.15) is 6.54 Å². The number of guanidine groups is 1. The summed E-state index contributed by atoms with van der Waals surface area (Å²) in [6, 6.07) is 0.928. The van der Waals surface area contributed by atoms with Gasteiger partial charge < -0.3 is 15.5 Å². The molecule has 1 aliphatic heterocycles. The number of amides is 1. The van der Waals surface area contributed by atoms with E-state index in [-0.39, 0.29) is 36.4 Å². The summed E-state index contributed by atoms with van der Waals surface area (Å²) in [7, 11) is 3.51. The van der Waals surface area contributed by atoms with Crippen molar-refractivity contribution in [3.8, 4) is 0 Å². The van der Waals surface area contributed by atoms with Gasteiger partial charge in [0.15, 0.2) is 5.96 Å². The summed E-state index contributed by atoms with van der Waals surface area (Å²) in [5.41, 5.74) is 0. The second-order valence-electron chi connectivity index (χ2n) is 6.65. The number of rotatable bonds is 7. The highest BCUT2D eigenvalue weighted by Gasteiger charge is 2.31. The lowest BCUT2D eigenvalue weighted by molar-refractivity contribution is -0.127. The Hall–Kier alpha value is -0.220. The average Bonchev–Trinajstić information content (AvgIpc) is 2.85. The van der Waals surface area contributed by atoms with Crippen molar-refractivity contribution in [3.05, 3.63) is 0 Å². The lowest BCUT2D eigenvalue weighted by Crippen LogP contribution is -2.47. The van der Waals surface area contributed by atoms with Crippen LogP contribution in [0.2, 0.25) is 0 Å². The summed E-state index contributed by atoms with van der Waals surface area (Å²) >= 11 is 1.79. The van der Waals surface area contributed by atoms with E-state index in [9.17, 15) is 4.79 Å². The Kier molecular flexibility index (Phi) is 12.1. The number of thioether (sulfide) groups is 1. The molecule has 0 saturated carbocycles. The zero-order chi connectivity index (χ0) is 17.4. The van der Waals surface area contributed by atoms with Crippen molar-refractivity contribution in [2.45, 2.75) is 32.9 Å². The molecule has 1 saturated heterocycles. The largest absolute Gasteiger partial charge is 0.356 e. The van der Waals surface area contributed by atoms with Gasteiger partial charge in [0.25, 0.3) is 0 Å². The Morgan fingerprint density at radius 1 is 1.38 bits per heavy atom. The van der Waals surface area contributed by atoms with Crippen molar-refractivity contribution in [1.29, 1.82) is 0 Å². The van der Waals surface area contributed by atoms with Gasteiger partial charge in [-0.15, -0.1) is 24.0 Å². The van der Waals surface area contributed by atoms with Crippen LogP contribution in [0.5, 0.6) is 0 Å². The number of likely N-dealkylation sites (N-methyl/N-ethyl adjacent to an activating group) is 1. The smallest absolute Gasteiger partial charge is 0.243 e. The molecule has 142 valence electrons. The topological polar surface area (TPSA) is 60.0 Å². The van der Waals surface area contributed by atoms with Crippen LogP contribution in [-0.2, 0) is 4.79 Å². The van der Waals surface area contributed by atoms with Gasteiger partial charge >= 0.3 is 0 Å². The first-order valence-corrected chi connectivity index (χ1v) is 9.72. The van der Waals surface area contributed by atoms with Crippen molar-refractivity contribution in [2.24, 2.45) is 10.9 Å². The molecule has 6 nitrogen and oxygen atoms in total. The van der Waals surface area contributed by atoms with Crippen LogP contribution < -0.4 is 10.6 Å². The van der Waals surface area contributed by atoms with Crippen LogP contribution in [0.25, 0.3) is 0 Å². The Balaban J connectivity index is 0.00000529. The summed E-state index contributed by atoms with van der Waals surface area (Å²) in [5, 5.41) is 6.86. The maximum absolute atomic E-state index is 11.8. The van der Waals surface area contributed by atoms with Crippen molar-refractivity contribution < 1.29 is 4.79 Å². The van der Waals surface area contributed by atoms with Crippen molar-refractivity contribution in [1.82, 2.24) is 20.4 Å².